The number of amides is 1. The van der Waals surface area contributed by atoms with Crippen LogP contribution >= 0.6 is 0 Å². The molecular weight excluding hydrogens is 460 g/mol. The summed E-state index contributed by atoms with van der Waals surface area (Å²) in [5.41, 5.74) is -0.924. The zero-order valence-corrected chi connectivity index (χ0v) is 21.2. The van der Waals surface area contributed by atoms with Gasteiger partial charge in [0.2, 0.25) is 5.91 Å². The maximum absolute atomic E-state index is 13.5. The Morgan fingerprint density at radius 2 is 1.92 bits per heavy atom. The molecule has 9 heteroatoms. The van der Waals surface area contributed by atoms with Crippen molar-refractivity contribution >= 4 is 11.7 Å². The van der Waals surface area contributed by atoms with Crippen molar-refractivity contribution in [2.75, 3.05) is 12.4 Å². The van der Waals surface area contributed by atoms with E-state index in [0.29, 0.717) is 41.9 Å². The normalized spacial score (nSPS) is 15.4. The number of methoxy groups -OCH3 is 1. The number of benzene rings is 1. The predicted octanol–water partition coefficient (Wildman–Crippen LogP) is 5.11. The Labute approximate surface area is 211 Å². The first kappa shape index (κ1) is 25.6. The molecular formula is C27H36N4O5. The van der Waals surface area contributed by atoms with Gasteiger partial charge in [-0.2, -0.15) is 5.10 Å². The van der Waals surface area contributed by atoms with Crippen molar-refractivity contribution in [2.45, 2.75) is 70.6 Å². The Kier molecular flexibility index (Phi) is 7.88. The Hall–Kier alpha value is -3.46. The van der Waals surface area contributed by atoms with E-state index < -0.39 is 11.6 Å². The number of anilines is 1. The number of aliphatic hydroxyl groups is 1. The first-order valence-corrected chi connectivity index (χ1v) is 12.5. The standard InChI is InChI=1S/C27H36N4O5/c1-27(2,34)18-30-13-12-24(29-30)28-26(33)23(14-19-8-5-4-6-9-19)31-17-22(16-25(31)32)36-21-11-7-10-20(15-21)35-3/h7,10-13,15-17,19,23,32,34H,4-6,8-9,14,18H2,1-3H3,(H,28,29,33)/t23-/m0/s1. The first-order valence-electron chi connectivity index (χ1n) is 12.5. The minimum absolute atomic E-state index is 0.0450. The highest BCUT2D eigenvalue weighted by atomic mass is 16.5. The molecule has 1 aliphatic carbocycles. The van der Waals surface area contributed by atoms with E-state index in [1.807, 2.05) is 12.1 Å². The Morgan fingerprint density at radius 1 is 1.17 bits per heavy atom. The van der Waals surface area contributed by atoms with Gasteiger partial charge in [0.05, 0.1) is 25.5 Å². The number of carbonyl (C=O) groups excluding carboxylic acids is 1. The third-order valence-corrected chi connectivity index (χ3v) is 6.44. The smallest absolute Gasteiger partial charge is 0.248 e. The summed E-state index contributed by atoms with van der Waals surface area (Å²) in [6.45, 7) is 3.71. The van der Waals surface area contributed by atoms with E-state index >= 15 is 0 Å². The number of aromatic hydroxyl groups is 1. The molecule has 9 nitrogen and oxygen atoms in total. The molecule has 0 unspecified atom stereocenters. The maximum Gasteiger partial charge on any atom is 0.248 e. The number of rotatable bonds is 10. The molecule has 1 saturated carbocycles. The Bertz CT molecular complexity index is 1160. The van der Waals surface area contributed by atoms with Crippen molar-refractivity contribution in [3.8, 4) is 23.1 Å². The average molecular weight is 497 g/mol. The third-order valence-electron chi connectivity index (χ3n) is 6.44. The number of nitrogens with one attached hydrogen (secondary N) is 1. The van der Waals surface area contributed by atoms with Crippen LogP contribution in [0.2, 0.25) is 0 Å². The summed E-state index contributed by atoms with van der Waals surface area (Å²) < 4.78 is 14.4. The number of nitrogens with zero attached hydrogens (tertiary/aromatic N) is 3. The zero-order chi connectivity index (χ0) is 25.7. The molecule has 2 heterocycles. The minimum atomic E-state index is -0.924. The molecule has 1 aromatic carbocycles. The molecule has 1 fully saturated rings. The van der Waals surface area contributed by atoms with Crippen molar-refractivity contribution in [2.24, 2.45) is 5.92 Å². The molecule has 0 bridgehead atoms. The summed E-state index contributed by atoms with van der Waals surface area (Å²) >= 11 is 0. The average Bonchev–Trinajstić information content (AvgIpc) is 3.42. The summed E-state index contributed by atoms with van der Waals surface area (Å²) in [6.07, 6.45) is 9.66. The molecule has 2 aromatic heterocycles. The van der Waals surface area contributed by atoms with Gasteiger partial charge in [0.1, 0.15) is 23.3 Å². The van der Waals surface area contributed by atoms with Crippen molar-refractivity contribution in [1.82, 2.24) is 14.3 Å². The summed E-state index contributed by atoms with van der Waals surface area (Å²) in [5.74, 6) is 2.15. The van der Waals surface area contributed by atoms with Crippen LogP contribution in [-0.2, 0) is 11.3 Å². The Balaban J connectivity index is 1.54. The van der Waals surface area contributed by atoms with Gasteiger partial charge in [0.15, 0.2) is 11.7 Å². The number of ether oxygens (including phenoxy) is 2. The van der Waals surface area contributed by atoms with Gasteiger partial charge >= 0.3 is 0 Å². The number of carbonyl (C=O) groups is 1. The molecule has 36 heavy (non-hydrogen) atoms. The lowest BCUT2D eigenvalue weighted by molar-refractivity contribution is -0.120. The quantitative estimate of drug-likeness (QED) is 0.360. The third kappa shape index (κ3) is 6.81. The van der Waals surface area contributed by atoms with E-state index in [1.165, 1.54) is 12.5 Å². The minimum Gasteiger partial charge on any atom is -0.497 e. The lowest BCUT2D eigenvalue weighted by Gasteiger charge is -2.27. The molecule has 3 aromatic rings. The molecule has 0 spiro atoms. The van der Waals surface area contributed by atoms with Crippen LogP contribution in [0, 0.1) is 5.92 Å². The lowest BCUT2D eigenvalue weighted by Crippen LogP contribution is -2.29. The first-order chi connectivity index (χ1) is 17.2. The predicted molar refractivity (Wildman–Crippen MR) is 137 cm³/mol. The summed E-state index contributed by atoms with van der Waals surface area (Å²) in [7, 11) is 1.59. The lowest BCUT2D eigenvalue weighted by atomic mass is 9.84. The van der Waals surface area contributed by atoms with Gasteiger partial charge < -0.3 is 29.6 Å². The highest BCUT2D eigenvalue weighted by Gasteiger charge is 2.29. The fourth-order valence-corrected chi connectivity index (χ4v) is 4.76. The second-order valence-corrected chi connectivity index (χ2v) is 10.2. The van der Waals surface area contributed by atoms with E-state index in [4.69, 9.17) is 9.47 Å². The van der Waals surface area contributed by atoms with Crippen LogP contribution in [0.25, 0.3) is 0 Å². The molecule has 1 aliphatic rings. The monoisotopic (exact) mass is 496 g/mol. The van der Waals surface area contributed by atoms with Crippen LogP contribution in [-0.4, -0.2) is 43.2 Å². The number of hydrogen-bond donors (Lipinski definition) is 3. The number of hydrogen-bond acceptors (Lipinski definition) is 6. The second kappa shape index (κ2) is 11.1. The van der Waals surface area contributed by atoms with E-state index in [0.717, 1.165) is 25.7 Å². The van der Waals surface area contributed by atoms with Gasteiger partial charge in [-0.15, -0.1) is 0 Å². The summed E-state index contributed by atoms with van der Waals surface area (Å²) in [4.78, 5) is 13.5. The van der Waals surface area contributed by atoms with Gasteiger partial charge in [-0.1, -0.05) is 38.2 Å². The van der Waals surface area contributed by atoms with Gasteiger partial charge in [-0.3, -0.25) is 9.48 Å². The van der Waals surface area contributed by atoms with Crippen molar-refractivity contribution in [1.29, 1.82) is 0 Å². The molecule has 0 aliphatic heterocycles. The van der Waals surface area contributed by atoms with Crippen LogP contribution in [0.1, 0.15) is 58.4 Å². The Morgan fingerprint density at radius 3 is 2.64 bits per heavy atom. The molecule has 4 rings (SSSR count). The van der Waals surface area contributed by atoms with Crippen molar-refractivity contribution < 1.29 is 24.5 Å². The fourth-order valence-electron chi connectivity index (χ4n) is 4.76. The molecule has 1 amide bonds. The van der Waals surface area contributed by atoms with Crippen molar-refractivity contribution in [3.63, 3.8) is 0 Å². The molecule has 3 N–H and O–H groups in total. The van der Waals surface area contributed by atoms with E-state index in [2.05, 4.69) is 10.4 Å². The van der Waals surface area contributed by atoms with E-state index in [-0.39, 0.29) is 11.8 Å². The molecule has 194 valence electrons. The van der Waals surface area contributed by atoms with Gasteiger partial charge in [0.25, 0.3) is 0 Å². The van der Waals surface area contributed by atoms with Crippen LogP contribution in [0.15, 0.2) is 48.8 Å². The summed E-state index contributed by atoms with van der Waals surface area (Å²) in [6, 6.07) is 9.78. The van der Waals surface area contributed by atoms with Crippen LogP contribution in [0.3, 0.4) is 0 Å². The molecule has 1 atom stereocenters. The summed E-state index contributed by atoms with van der Waals surface area (Å²) in [5, 5.41) is 28.1. The topological polar surface area (TPSA) is 111 Å². The van der Waals surface area contributed by atoms with Crippen LogP contribution < -0.4 is 14.8 Å². The van der Waals surface area contributed by atoms with Crippen LogP contribution in [0.5, 0.6) is 23.1 Å². The SMILES string of the molecule is COc1cccc(Oc2cc(O)n([C@@H](CC3CCCCC3)C(=O)Nc3ccn(CC(C)(C)O)n3)c2)c1. The van der Waals surface area contributed by atoms with Gasteiger partial charge in [-0.25, -0.2) is 0 Å². The van der Waals surface area contributed by atoms with E-state index in [1.54, 1.807) is 60.8 Å². The molecule has 0 radical (unpaired) electrons. The van der Waals surface area contributed by atoms with E-state index in [9.17, 15) is 15.0 Å². The fraction of sp³-hybridized carbons (Fsp3) is 0.481. The van der Waals surface area contributed by atoms with Crippen LogP contribution in [0.4, 0.5) is 5.82 Å². The highest BCUT2D eigenvalue weighted by Crippen LogP contribution is 2.36. The number of aromatic nitrogens is 3. The van der Waals surface area contributed by atoms with Gasteiger partial charge in [-0.05, 0) is 38.3 Å². The van der Waals surface area contributed by atoms with Gasteiger partial charge in [0, 0.05) is 24.4 Å². The van der Waals surface area contributed by atoms with Crippen molar-refractivity contribution in [3.05, 3.63) is 48.8 Å². The molecule has 0 saturated heterocycles. The zero-order valence-electron chi connectivity index (χ0n) is 21.2. The largest absolute Gasteiger partial charge is 0.497 e. The highest BCUT2D eigenvalue weighted by molar-refractivity contribution is 5.93. The maximum atomic E-state index is 13.5. The second-order valence-electron chi connectivity index (χ2n) is 10.2.